The molecular formula is C27H27N5O3. The lowest BCUT2D eigenvalue weighted by molar-refractivity contribution is 0.0704. The lowest BCUT2D eigenvalue weighted by Crippen LogP contribution is -2.39. The molecule has 8 heteroatoms. The molecule has 3 heterocycles. The molecule has 0 spiro atoms. The average molecular weight is 470 g/mol. The van der Waals surface area contributed by atoms with Crippen LogP contribution in [0.3, 0.4) is 0 Å². The van der Waals surface area contributed by atoms with Gasteiger partial charge in [0.1, 0.15) is 11.5 Å². The van der Waals surface area contributed by atoms with E-state index in [2.05, 4.69) is 9.97 Å². The molecule has 1 aliphatic rings. The molecular weight excluding hydrogens is 442 g/mol. The SMILES string of the molecule is COc1cccc(Oc2cncc(C3CCCN(C(=O)c4ccccc4Cn4ccnc4)C3)n2)c1. The van der Waals surface area contributed by atoms with Gasteiger partial charge in [-0.15, -0.1) is 0 Å². The Balaban J connectivity index is 1.31. The predicted molar refractivity (Wildman–Crippen MR) is 131 cm³/mol. The molecule has 1 amide bonds. The molecule has 0 aliphatic carbocycles. The molecule has 8 nitrogen and oxygen atoms in total. The second-order valence-corrected chi connectivity index (χ2v) is 8.55. The van der Waals surface area contributed by atoms with Crippen LogP contribution in [0.1, 0.15) is 40.4 Å². The summed E-state index contributed by atoms with van der Waals surface area (Å²) in [6.45, 7) is 1.92. The van der Waals surface area contributed by atoms with E-state index in [1.807, 2.05) is 58.1 Å². The lowest BCUT2D eigenvalue weighted by Gasteiger charge is -2.33. The van der Waals surface area contributed by atoms with Gasteiger partial charge in [-0.2, -0.15) is 0 Å². The Hall–Kier alpha value is -4.20. The summed E-state index contributed by atoms with van der Waals surface area (Å²) >= 11 is 0. The van der Waals surface area contributed by atoms with Crippen molar-refractivity contribution >= 4 is 5.91 Å². The van der Waals surface area contributed by atoms with Crippen molar-refractivity contribution in [3.8, 4) is 17.4 Å². The molecule has 2 aromatic heterocycles. The van der Waals surface area contributed by atoms with Crippen LogP contribution in [-0.4, -0.2) is 50.5 Å². The first-order valence-electron chi connectivity index (χ1n) is 11.7. The van der Waals surface area contributed by atoms with Crippen molar-refractivity contribution in [2.45, 2.75) is 25.3 Å². The molecule has 4 aromatic rings. The minimum Gasteiger partial charge on any atom is -0.497 e. The summed E-state index contributed by atoms with van der Waals surface area (Å²) < 4.78 is 13.1. The van der Waals surface area contributed by atoms with Crippen LogP contribution in [0, 0.1) is 0 Å². The van der Waals surface area contributed by atoms with Gasteiger partial charge in [0.25, 0.3) is 5.91 Å². The molecule has 1 fully saturated rings. The number of rotatable bonds is 7. The molecule has 5 rings (SSSR count). The third-order valence-corrected chi connectivity index (χ3v) is 6.18. The molecule has 0 N–H and O–H groups in total. The van der Waals surface area contributed by atoms with E-state index in [0.29, 0.717) is 30.5 Å². The summed E-state index contributed by atoms with van der Waals surface area (Å²) in [7, 11) is 1.62. The molecule has 178 valence electrons. The molecule has 1 atom stereocenters. The van der Waals surface area contributed by atoms with Crippen LogP contribution in [0.5, 0.6) is 17.4 Å². The molecule has 35 heavy (non-hydrogen) atoms. The number of aromatic nitrogens is 4. The van der Waals surface area contributed by atoms with Crippen molar-refractivity contribution in [3.63, 3.8) is 0 Å². The number of likely N-dealkylation sites (tertiary alicyclic amines) is 1. The number of nitrogens with zero attached hydrogens (tertiary/aromatic N) is 5. The van der Waals surface area contributed by atoms with E-state index in [0.717, 1.165) is 36.2 Å². The summed E-state index contributed by atoms with van der Waals surface area (Å²) in [5.74, 6) is 1.90. The largest absolute Gasteiger partial charge is 0.497 e. The number of hydrogen-bond acceptors (Lipinski definition) is 6. The first-order valence-corrected chi connectivity index (χ1v) is 11.7. The quantitative estimate of drug-likeness (QED) is 0.395. The first-order chi connectivity index (χ1) is 17.2. The van der Waals surface area contributed by atoms with E-state index in [1.165, 1.54) is 0 Å². The van der Waals surface area contributed by atoms with E-state index in [4.69, 9.17) is 14.5 Å². The first kappa shape index (κ1) is 22.6. The van der Waals surface area contributed by atoms with Gasteiger partial charge in [0.05, 0.1) is 25.3 Å². The van der Waals surface area contributed by atoms with Crippen molar-refractivity contribution in [1.82, 2.24) is 24.4 Å². The summed E-state index contributed by atoms with van der Waals surface area (Å²) in [4.78, 5) is 28.6. The monoisotopic (exact) mass is 469 g/mol. The summed E-state index contributed by atoms with van der Waals surface area (Å²) in [6.07, 6.45) is 10.6. The minimum absolute atomic E-state index is 0.0437. The Morgan fingerprint density at radius 2 is 1.97 bits per heavy atom. The van der Waals surface area contributed by atoms with Crippen LogP contribution >= 0.6 is 0 Å². The summed E-state index contributed by atoms with van der Waals surface area (Å²) in [5.41, 5.74) is 2.53. The lowest BCUT2D eigenvalue weighted by atomic mass is 9.94. The zero-order chi connectivity index (χ0) is 24.0. The highest BCUT2D eigenvalue weighted by Gasteiger charge is 2.28. The second-order valence-electron chi connectivity index (χ2n) is 8.55. The van der Waals surface area contributed by atoms with Crippen molar-refractivity contribution in [2.75, 3.05) is 20.2 Å². The number of piperidine rings is 1. The molecule has 0 saturated carbocycles. The number of amides is 1. The Morgan fingerprint density at radius 3 is 2.83 bits per heavy atom. The second kappa shape index (κ2) is 10.4. The van der Waals surface area contributed by atoms with Crippen LogP contribution in [0.15, 0.2) is 79.6 Å². The minimum atomic E-state index is 0.0437. The highest BCUT2D eigenvalue weighted by molar-refractivity contribution is 5.95. The van der Waals surface area contributed by atoms with E-state index in [1.54, 1.807) is 38.1 Å². The maximum Gasteiger partial charge on any atom is 0.254 e. The number of carbonyl (C=O) groups excluding carboxylic acids is 1. The van der Waals surface area contributed by atoms with Crippen molar-refractivity contribution in [3.05, 3.63) is 96.5 Å². The smallest absolute Gasteiger partial charge is 0.254 e. The topological polar surface area (TPSA) is 82.4 Å². The van der Waals surface area contributed by atoms with Gasteiger partial charge < -0.3 is 18.9 Å². The third kappa shape index (κ3) is 5.32. The fourth-order valence-electron chi connectivity index (χ4n) is 4.41. The molecule has 0 radical (unpaired) electrons. The van der Waals surface area contributed by atoms with Crippen LogP contribution in [0.4, 0.5) is 0 Å². The maximum absolute atomic E-state index is 13.5. The van der Waals surface area contributed by atoms with E-state index in [9.17, 15) is 4.79 Å². The number of benzene rings is 2. The average Bonchev–Trinajstić information content (AvgIpc) is 3.42. The van der Waals surface area contributed by atoms with Gasteiger partial charge in [-0.1, -0.05) is 24.3 Å². The normalized spacial score (nSPS) is 15.6. The number of hydrogen-bond donors (Lipinski definition) is 0. The molecule has 1 saturated heterocycles. The van der Waals surface area contributed by atoms with Crippen molar-refractivity contribution < 1.29 is 14.3 Å². The predicted octanol–water partition coefficient (Wildman–Crippen LogP) is 4.54. The van der Waals surface area contributed by atoms with Gasteiger partial charge in [0.2, 0.25) is 5.88 Å². The van der Waals surface area contributed by atoms with Crippen molar-refractivity contribution in [1.29, 1.82) is 0 Å². The van der Waals surface area contributed by atoms with Gasteiger partial charge in [-0.25, -0.2) is 9.97 Å². The Kier molecular flexibility index (Phi) is 6.70. The Morgan fingerprint density at radius 1 is 1.09 bits per heavy atom. The van der Waals surface area contributed by atoms with Crippen LogP contribution < -0.4 is 9.47 Å². The molecule has 0 bridgehead atoms. The Labute approximate surface area is 204 Å². The Bertz CT molecular complexity index is 1290. The fraction of sp³-hybridized carbons (Fsp3) is 0.259. The van der Waals surface area contributed by atoms with Gasteiger partial charge in [0, 0.05) is 55.8 Å². The van der Waals surface area contributed by atoms with Crippen molar-refractivity contribution in [2.24, 2.45) is 0 Å². The van der Waals surface area contributed by atoms with E-state index in [-0.39, 0.29) is 11.8 Å². The summed E-state index contributed by atoms with van der Waals surface area (Å²) in [6, 6.07) is 15.1. The van der Waals surface area contributed by atoms with Gasteiger partial charge in [0.15, 0.2) is 0 Å². The number of ether oxygens (including phenoxy) is 2. The molecule has 2 aromatic carbocycles. The van der Waals surface area contributed by atoms with Crippen LogP contribution in [0.25, 0.3) is 0 Å². The van der Waals surface area contributed by atoms with Gasteiger partial charge in [-0.3, -0.25) is 9.78 Å². The number of imidazole rings is 1. The fourth-order valence-corrected chi connectivity index (χ4v) is 4.41. The summed E-state index contributed by atoms with van der Waals surface area (Å²) in [5, 5.41) is 0. The van der Waals surface area contributed by atoms with E-state index < -0.39 is 0 Å². The van der Waals surface area contributed by atoms with E-state index >= 15 is 0 Å². The third-order valence-electron chi connectivity index (χ3n) is 6.18. The van der Waals surface area contributed by atoms with Crippen LogP contribution in [-0.2, 0) is 6.54 Å². The van der Waals surface area contributed by atoms with Crippen LogP contribution in [0.2, 0.25) is 0 Å². The van der Waals surface area contributed by atoms with Gasteiger partial charge >= 0.3 is 0 Å². The zero-order valence-corrected chi connectivity index (χ0v) is 19.6. The molecule has 1 aliphatic heterocycles. The zero-order valence-electron chi connectivity index (χ0n) is 19.6. The standard InChI is InChI=1S/C27H27N5O3/c1-34-22-8-4-9-23(14-22)35-26-16-29-15-25(30-26)21-7-5-12-32(18-21)27(33)24-10-3-2-6-20(24)17-31-13-11-28-19-31/h2-4,6,8-11,13-16,19,21H,5,7,12,17-18H2,1H3. The van der Waals surface area contributed by atoms with Gasteiger partial charge in [-0.05, 0) is 36.6 Å². The highest BCUT2D eigenvalue weighted by atomic mass is 16.5. The number of carbonyl (C=O) groups is 1. The maximum atomic E-state index is 13.5. The number of methoxy groups -OCH3 is 1. The highest BCUT2D eigenvalue weighted by Crippen LogP contribution is 2.29. The molecule has 1 unspecified atom stereocenters.